The van der Waals surface area contributed by atoms with Crippen molar-refractivity contribution in [3.8, 4) is 11.5 Å². The van der Waals surface area contributed by atoms with Crippen molar-refractivity contribution in [2.24, 2.45) is 0 Å². The molecule has 0 saturated heterocycles. The highest BCUT2D eigenvalue weighted by atomic mass is 16.7. The Hall–Kier alpha value is -2.75. The Morgan fingerprint density at radius 3 is 2.74 bits per heavy atom. The molecule has 1 atom stereocenters. The molecule has 0 N–H and O–H groups in total. The predicted octanol–water partition coefficient (Wildman–Crippen LogP) is 3.51. The first-order chi connectivity index (χ1) is 11.2. The molecule has 2 aromatic rings. The van der Waals surface area contributed by atoms with Gasteiger partial charge < -0.3 is 14.2 Å². The predicted molar refractivity (Wildman–Crippen MR) is 85.5 cm³/mol. The summed E-state index contributed by atoms with van der Waals surface area (Å²) >= 11 is 0. The van der Waals surface area contributed by atoms with Crippen LogP contribution in [-0.2, 0) is 9.53 Å². The summed E-state index contributed by atoms with van der Waals surface area (Å²) in [5.41, 5.74) is 4.86. The van der Waals surface area contributed by atoms with Crippen LogP contribution in [0.4, 0.5) is 0 Å². The maximum absolute atomic E-state index is 12.4. The van der Waals surface area contributed by atoms with Crippen LogP contribution in [-0.4, -0.2) is 19.9 Å². The molecule has 0 fully saturated rings. The second-order valence-corrected chi connectivity index (χ2v) is 5.66. The maximum atomic E-state index is 12.4. The fourth-order valence-electron chi connectivity index (χ4n) is 3.43. The number of hydrogen-bond donors (Lipinski definition) is 0. The van der Waals surface area contributed by atoms with E-state index >= 15 is 0 Å². The molecule has 0 bridgehead atoms. The SMILES string of the molecule is COC(=O)C1=C(C)c2ccccc2[C@@H]1c1ccc2c(c1)OCO2. The Morgan fingerprint density at radius 2 is 1.91 bits per heavy atom. The van der Waals surface area contributed by atoms with Crippen LogP contribution in [0, 0.1) is 0 Å². The van der Waals surface area contributed by atoms with Crippen molar-refractivity contribution in [3.63, 3.8) is 0 Å². The molecule has 2 aromatic carbocycles. The molecule has 1 aliphatic heterocycles. The summed E-state index contributed by atoms with van der Waals surface area (Å²) in [6.45, 7) is 2.21. The minimum atomic E-state index is -0.290. The van der Waals surface area contributed by atoms with Crippen LogP contribution in [0.3, 0.4) is 0 Å². The molecule has 0 radical (unpaired) electrons. The molecule has 4 rings (SSSR count). The monoisotopic (exact) mass is 308 g/mol. The van der Waals surface area contributed by atoms with Gasteiger partial charge in [-0.25, -0.2) is 4.79 Å². The van der Waals surface area contributed by atoms with Crippen molar-refractivity contribution in [3.05, 3.63) is 64.7 Å². The second-order valence-electron chi connectivity index (χ2n) is 5.66. The van der Waals surface area contributed by atoms with Gasteiger partial charge in [0.1, 0.15) is 0 Å². The van der Waals surface area contributed by atoms with Crippen LogP contribution >= 0.6 is 0 Å². The van der Waals surface area contributed by atoms with Crippen LogP contribution in [0.5, 0.6) is 11.5 Å². The van der Waals surface area contributed by atoms with Gasteiger partial charge in [-0.15, -0.1) is 0 Å². The summed E-state index contributed by atoms with van der Waals surface area (Å²) in [4.78, 5) is 12.4. The average molecular weight is 308 g/mol. The third-order valence-corrected chi connectivity index (χ3v) is 4.50. The Labute approximate surface area is 134 Å². The molecule has 0 saturated carbocycles. The summed E-state index contributed by atoms with van der Waals surface area (Å²) < 4.78 is 15.9. The summed E-state index contributed by atoms with van der Waals surface area (Å²) in [5, 5.41) is 0. The number of esters is 1. The van der Waals surface area contributed by atoms with Gasteiger partial charge in [-0.2, -0.15) is 0 Å². The third-order valence-electron chi connectivity index (χ3n) is 4.50. The van der Waals surface area contributed by atoms with Crippen LogP contribution in [0.25, 0.3) is 5.57 Å². The van der Waals surface area contributed by atoms with Gasteiger partial charge in [-0.05, 0) is 41.3 Å². The van der Waals surface area contributed by atoms with Crippen LogP contribution in [0.15, 0.2) is 48.0 Å². The minimum absolute atomic E-state index is 0.145. The van der Waals surface area contributed by atoms with E-state index in [2.05, 4.69) is 6.07 Å². The Kier molecular flexibility index (Phi) is 3.11. The molecule has 0 spiro atoms. The lowest BCUT2D eigenvalue weighted by Crippen LogP contribution is -2.12. The number of rotatable bonds is 2. The molecular weight excluding hydrogens is 292 g/mol. The molecule has 0 aromatic heterocycles. The lowest BCUT2D eigenvalue weighted by atomic mass is 9.88. The molecule has 4 heteroatoms. The first-order valence-electron chi connectivity index (χ1n) is 7.48. The quantitative estimate of drug-likeness (QED) is 0.796. The lowest BCUT2D eigenvalue weighted by Gasteiger charge is -2.16. The topological polar surface area (TPSA) is 44.8 Å². The van der Waals surface area contributed by atoms with E-state index < -0.39 is 0 Å². The van der Waals surface area contributed by atoms with Crippen LogP contribution in [0.1, 0.15) is 29.5 Å². The first-order valence-corrected chi connectivity index (χ1v) is 7.48. The Balaban J connectivity index is 1.89. The van der Waals surface area contributed by atoms with Crippen molar-refractivity contribution < 1.29 is 19.0 Å². The molecule has 4 nitrogen and oxygen atoms in total. The largest absolute Gasteiger partial charge is 0.466 e. The summed E-state index contributed by atoms with van der Waals surface area (Å²) in [6, 6.07) is 13.9. The van der Waals surface area contributed by atoms with E-state index in [9.17, 15) is 4.79 Å². The zero-order valence-electron chi connectivity index (χ0n) is 13.0. The number of carbonyl (C=O) groups is 1. The summed E-state index contributed by atoms with van der Waals surface area (Å²) in [5.74, 6) is 1.02. The molecular formula is C19H16O4. The highest BCUT2D eigenvalue weighted by Crippen LogP contribution is 2.47. The smallest absolute Gasteiger partial charge is 0.334 e. The van der Waals surface area contributed by atoms with E-state index in [1.165, 1.54) is 7.11 Å². The molecule has 0 amide bonds. The van der Waals surface area contributed by atoms with Gasteiger partial charge >= 0.3 is 5.97 Å². The van der Waals surface area contributed by atoms with Crippen molar-refractivity contribution in [1.82, 2.24) is 0 Å². The van der Waals surface area contributed by atoms with Crippen molar-refractivity contribution in [2.45, 2.75) is 12.8 Å². The van der Waals surface area contributed by atoms with E-state index in [4.69, 9.17) is 14.2 Å². The Morgan fingerprint density at radius 1 is 1.13 bits per heavy atom. The maximum Gasteiger partial charge on any atom is 0.334 e. The van der Waals surface area contributed by atoms with Crippen molar-refractivity contribution >= 4 is 11.5 Å². The zero-order chi connectivity index (χ0) is 16.0. The van der Waals surface area contributed by atoms with Gasteiger partial charge in [-0.3, -0.25) is 0 Å². The highest BCUT2D eigenvalue weighted by molar-refractivity contribution is 6.03. The number of ether oxygens (including phenoxy) is 3. The van der Waals surface area contributed by atoms with Crippen LogP contribution < -0.4 is 9.47 Å². The van der Waals surface area contributed by atoms with Gasteiger partial charge in [0.05, 0.1) is 12.7 Å². The number of allylic oxidation sites excluding steroid dienone is 1. The fourth-order valence-corrected chi connectivity index (χ4v) is 3.43. The van der Waals surface area contributed by atoms with Gasteiger partial charge in [0, 0.05) is 5.92 Å². The van der Waals surface area contributed by atoms with E-state index in [1.54, 1.807) is 0 Å². The number of hydrogen-bond acceptors (Lipinski definition) is 4. The molecule has 1 heterocycles. The number of benzene rings is 2. The minimum Gasteiger partial charge on any atom is -0.466 e. The number of carbonyl (C=O) groups excluding carboxylic acids is 1. The second kappa shape index (κ2) is 5.16. The number of methoxy groups -OCH3 is 1. The molecule has 116 valence electrons. The zero-order valence-corrected chi connectivity index (χ0v) is 13.0. The molecule has 1 aliphatic carbocycles. The Bertz CT molecular complexity index is 835. The van der Waals surface area contributed by atoms with Gasteiger partial charge in [0.2, 0.25) is 6.79 Å². The third kappa shape index (κ3) is 2.02. The molecule has 23 heavy (non-hydrogen) atoms. The average Bonchev–Trinajstić information content (AvgIpc) is 3.16. The van der Waals surface area contributed by atoms with Crippen LogP contribution in [0.2, 0.25) is 0 Å². The van der Waals surface area contributed by atoms with Gasteiger partial charge in [0.25, 0.3) is 0 Å². The van der Waals surface area contributed by atoms with Gasteiger partial charge in [-0.1, -0.05) is 30.3 Å². The summed E-state index contributed by atoms with van der Waals surface area (Å²) in [6.07, 6.45) is 0. The molecule has 2 aliphatic rings. The normalized spacial score (nSPS) is 18.1. The fraction of sp³-hybridized carbons (Fsp3) is 0.211. The first kappa shape index (κ1) is 13.9. The summed E-state index contributed by atoms with van der Waals surface area (Å²) in [7, 11) is 1.42. The molecule has 0 unspecified atom stereocenters. The van der Waals surface area contributed by atoms with E-state index in [0.717, 1.165) is 28.0 Å². The van der Waals surface area contributed by atoms with E-state index in [-0.39, 0.29) is 18.7 Å². The number of fused-ring (bicyclic) bond motifs is 2. The van der Waals surface area contributed by atoms with E-state index in [0.29, 0.717) is 11.3 Å². The highest BCUT2D eigenvalue weighted by Gasteiger charge is 2.35. The van der Waals surface area contributed by atoms with Gasteiger partial charge in [0.15, 0.2) is 11.5 Å². The van der Waals surface area contributed by atoms with E-state index in [1.807, 2.05) is 43.3 Å². The lowest BCUT2D eigenvalue weighted by molar-refractivity contribution is -0.136. The van der Waals surface area contributed by atoms with Crippen molar-refractivity contribution in [1.29, 1.82) is 0 Å². The standard InChI is InChI=1S/C19H16O4/c1-11-13-5-3-4-6-14(13)18(17(11)19(20)21-2)12-7-8-15-16(9-12)23-10-22-15/h3-9,18H,10H2,1-2H3/t18-/m0/s1. The van der Waals surface area contributed by atoms with Crippen molar-refractivity contribution in [2.75, 3.05) is 13.9 Å².